The largest absolute Gasteiger partial charge is 0.355 e. The fourth-order valence-corrected chi connectivity index (χ4v) is 3.15. The average Bonchev–Trinajstić information content (AvgIpc) is 3.20. The summed E-state index contributed by atoms with van der Waals surface area (Å²) in [5.41, 5.74) is 2.27. The summed E-state index contributed by atoms with van der Waals surface area (Å²) in [5.74, 6) is 0.849. The molecular weight excluding hydrogens is 312 g/mol. The quantitative estimate of drug-likeness (QED) is 0.624. The zero-order valence-corrected chi connectivity index (χ0v) is 15.0. The first kappa shape index (κ1) is 17.5. The number of nitrogens with zero attached hydrogens (tertiary/aromatic N) is 4. The van der Waals surface area contributed by atoms with Gasteiger partial charge in [0.2, 0.25) is 0 Å². The molecule has 1 aliphatic heterocycles. The van der Waals surface area contributed by atoms with Gasteiger partial charge in [-0.05, 0) is 49.7 Å². The van der Waals surface area contributed by atoms with Crippen molar-refractivity contribution in [3.8, 4) is 5.69 Å². The van der Waals surface area contributed by atoms with Gasteiger partial charge in [-0.15, -0.1) is 0 Å². The highest BCUT2D eigenvalue weighted by Crippen LogP contribution is 2.09. The summed E-state index contributed by atoms with van der Waals surface area (Å²) in [6.07, 6.45) is 7.79. The first-order valence-corrected chi connectivity index (χ1v) is 9.11. The van der Waals surface area contributed by atoms with Gasteiger partial charge < -0.3 is 15.5 Å². The van der Waals surface area contributed by atoms with E-state index in [-0.39, 0.29) is 0 Å². The normalized spacial score (nSPS) is 16.0. The number of guanidine groups is 1. The predicted octanol–water partition coefficient (Wildman–Crippen LogP) is 2.02. The summed E-state index contributed by atoms with van der Waals surface area (Å²) in [7, 11) is 1.82. The molecule has 6 nitrogen and oxygen atoms in total. The SMILES string of the molecule is CN=C(NCCN1CCCCC1)NCc1cccc(-n2cccn2)c1. The summed E-state index contributed by atoms with van der Waals surface area (Å²) in [5, 5.41) is 11.1. The molecular formula is C19H28N6. The van der Waals surface area contributed by atoms with Crippen LogP contribution < -0.4 is 10.6 Å². The van der Waals surface area contributed by atoms with Crippen LogP contribution in [0.4, 0.5) is 0 Å². The molecule has 0 aliphatic carbocycles. The third-order valence-electron chi connectivity index (χ3n) is 4.53. The van der Waals surface area contributed by atoms with Crippen LogP contribution in [0.2, 0.25) is 0 Å². The molecule has 2 aromatic rings. The molecule has 1 aromatic carbocycles. The maximum Gasteiger partial charge on any atom is 0.191 e. The minimum atomic E-state index is 0.735. The molecule has 134 valence electrons. The molecule has 2 N–H and O–H groups in total. The van der Waals surface area contributed by atoms with Crippen molar-refractivity contribution in [3.05, 3.63) is 48.3 Å². The lowest BCUT2D eigenvalue weighted by atomic mass is 10.1. The number of aliphatic imine (C=N–C) groups is 1. The molecule has 3 rings (SSSR count). The van der Waals surface area contributed by atoms with Crippen LogP contribution in [0.5, 0.6) is 0 Å². The zero-order valence-electron chi connectivity index (χ0n) is 15.0. The molecule has 0 unspecified atom stereocenters. The number of piperidine rings is 1. The maximum absolute atomic E-state index is 4.32. The van der Waals surface area contributed by atoms with Crippen molar-refractivity contribution in [2.24, 2.45) is 4.99 Å². The smallest absolute Gasteiger partial charge is 0.191 e. The molecule has 0 saturated carbocycles. The van der Waals surface area contributed by atoms with Crippen LogP contribution in [0.1, 0.15) is 24.8 Å². The van der Waals surface area contributed by atoms with E-state index in [4.69, 9.17) is 0 Å². The molecule has 0 radical (unpaired) electrons. The summed E-state index contributed by atoms with van der Waals surface area (Å²) in [6.45, 7) is 5.20. The Morgan fingerprint density at radius 2 is 2.04 bits per heavy atom. The fraction of sp³-hybridized carbons (Fsp3) is 0.474. The predicted molar refractivity (Wildman–Crippen MR) is 102 cm³/mol. The van der Waals surface area contributed by atoms with Crippen molar-refractivity contribution in [3.63, 3.8) is 0 Å². The van der Waals surface area contributed by atoms with E-state index >= 15 is 0 Å². The van der Waals surface area contributed by atoms with E-state index in [2.05, 4.69) is 49.9 Å². The second kappa shape index (κ2) is 9.22. The molecule has 0 spiro atoms. The molecule has 0 atom stereocenters. The topological polar surface area (TPSA) is 57.5 Å². The molecule has 25 heavy (non-hydrogen) atoms. The number of likely N-dealkylation sites (tertiary alicyclic amines) is 1. The number of aromatic nitrogens is 2. The van der Waals surface area contributed by atoms with Gasteiger partial charge in [-0.25, -0.2) is 4.68 Å². The summed E-state index contributed by atoms with van der Waals surface area (Å²) in [4.78, 5) is 6.84. The monoisotopic (exact) mass is 340 g/mol. The van der Waals surface area contributed by atoms with Crippen LogP contribution in [-0.4, -0.2) is 53.9 Å². The van der Waals surface area contributed by atoms with Gasteiger partial charge in [0.25, 0.3) is 0 Å². The van der Waals surface area contributed by atoms with Gasteiger partial charge in [-0.3, -0.25) is 4.99 Å². The molecule has 0 amide bonds. The van der Waals surface area contributed by atoms with Gasteiger partial charge in [-0.2, -0.15) is 5.10 Å². The first-order valence-electron chi connectivity index (χ1n) is 9.11. The average molecular weight is 340 g/mol. The van der Waals surface area contributed by atoms with Gasteiger partial charge in [0.05, 0.1) is 5.69 Å². The van der Waals surface area contributed by atoms with Crippen LogP contribution in [0.25, 0.3) is 5.69 Å². The van der Waals surface area contributed by atoms with Crippen LogP contribution in [-0.2, 0) is 6.54 Å². The van der Waals surface area contributed by atoms with Gasteiger partial charge in [0.15, 0.2) is 5.96 Å². The third-order valence-corrected chi connectivity index (χ3v) is 4.53. The summed E-state index contributed by atoms with van der Waals surface area (Å²) >= 11 is 0. The molecule has 1 aromatic heterocycles. The number of nitrogens with one attached hydrogen (secondary N) is 2. The third kappa shape index (κ3) is 5.32. The van der Waals surface area contributed by atoms with E-state index in [0.29, 0.717) is 0 Å². The Hall–Kier alpha value is -2.34. The Morgan fingerprint density at radius 1 is 1.16 bits per heavy atom. The van der Waals surface area contributed by atoms with E-state index in [9.17, 15) is 0 Å². The van der Waals surface area contributed by atoms with Gasteiger partial charge in [0.1, 0.15) is 0 Å². The summed E-state index contributed by atoms with van der Waals surface area (Å²) in [6, 6.07) is 10.3. The Bertz CT molecular complexity index is 658. The summed E-state index contributed by atoms with van der Waals surface area (Å²) < 4.78 is 1.87. The zero-order chi connectivity index (χ0) is 17.3. The molecule has 0 bridgehead atoms. The van der Waals surface area contributed by atoms with E-state index in [1.165, 1.54) is 37.9 Å². The Morgan fingerprint density at radius 3 is 2.80 bits per heavy atom. The van der Waals surface area contributed by atoms with E-state index in [1.54, 1.807) is 6.20 Å². The highest BCUT2D eigenvalue weighted by atomic mass is 15.3. The number of hydrogen-bond acceptors (Lipinski definition) is 3. The van der Waals surface area contributed by atoms with Gasteiger partial charge in [0, 0.05) is 39.1 Å². The molecule has 1 saturated heterocycles. The number of rotatable bonds is 6. The minimum absolute atomic E-state index is 0.735. The van der Waals surface area contributed by atoms with Crippen LogP contribution in [0.15, 0.2) is 47.7 Å². The van der Waals surface area contributed by atoms with Crippen molar-refractivity contribution < 1.29 is 0 Å². The van der Waals surface area contributed by atoms with Crippen LogP contribution in [0, 0.1) is 0 Å². The highest BCUT2D eigenvalue weighted by molar-refractivity contribution is 5.79. The Balaban J connectivity index is 1.45. The van der Waals surface area contributed by atoms with Crippen molar-refractivity contribution in [2.75, 3.05) is 33.2 Å². The lowest BCUT2D eigenvalue weighted by molar-refractivity contribution is 0.232. The standard InChI is InChI=1S/C19H28N6/c1-20-19(21-10-14-24-11-3-2-4-12-24)22-16-17-7-5-8-18(15-17)25-13-6-9-23-25/h5-9,13,15H,2-4,10-12,14,16H2,1H3,(H2,20,21,22). The van der Waals surface area contributed by atoms with E-state index < -0.39 is 0 Å². The highest BCUT2D eigenvalue weighted by Gasteiger charge is 2.09. The van der Waals surface area contributed by atoms with Crippen molar-refractivity contribution in [2.45, 2.75) is 25.8 Å². The van der Waals surface area contributed by atoms with Crippen LogP contribution in [0.3, 0.4) is 0 Å². The van der Waals surface area contributed by atoms with E-state index in [1.807, 2.05) is 24.0 Å². The molecule has 1 fully saturated rings. The Labute approximate surface area is 149 Å². The van der Waals surface area contributed by atoms with Crippen molar-refractivity contribution in [1.29, 1.82) is 0 Å². The number of benzene rings is 1. The van der Waals surface area contributed by atoms with Gasteiger partial charge >= 0.3 is 0 Å². The maximum atomic E-state index is 4.32. The minimum Gasteiger partial charge on any atom is -0.355 e. The van der Waals surface area contributed by atoms with Crippen molar-refractivity contribution in [1.82, 2.24) is 25.3 Å². The van der Waals surface area contributed by atoms with Gasteiger partial charge in [-0.1, -0.05) is 18.6 Å². The number of hydrogen-bond donors (Lipinski definition) is 2. The molecule has 1 aliphatic rings. The second-order valence-electron chi connectivity index (χ2n) is 6.38. The Kier molecular flexibility index (Phi) is 6.45. The lowest BCUT2D eigenvalue weighted by Gasteiger charge is -2.26. The lowest BCUT2D eigenvalue weighted by Crippen LogP contribution is -2.42. The van der Waals surface area contributed by atoms with E-state index in [0.717, 1.165) is 31.3 Å². The first-order chi connectivity index (χ1) is 12.3. The van der Waals surface area contributed by atoms with Crippen LogP contribution >= 0.6 is 0 Å². The fourth-order valence-electron chi connectivity index (χ4n) is 3.15. The molecule has 2 heterocycles. The molecule has 6 heteroatoms. The van der Waals surface area contributed by atoms with Crippen molar-refractivity contribution >= 4 is 5.96 Å². The second-order valence-corrected chi connectivity index (χ2v) is 6.38.